The summed E-state index contributed by atoms with van der Waals surface area (Å²) in [4.78, 5) is 21.6. The summed E-state index contributed by atoms with van der Waals surface area (Å²) in [6.07, 6.45) is 0. The van der Waals surface area contributed by atoms with E-state index in [1.807, 2.05) is 23.7 Å². The molecule has 2 rings (SSSR count). The van der Waals surface area contributed by atoms with Gasteiger partial charge in [-0.2, -0.15) is 0 Å². The molecule has 0 aromatic heterocycles. The Morgan fingerprint density at radius 2 is 1.58 bits per heavy atom. The number of benzene rings is 2. The second-order valence-corrected chi connectivity index (χ2v) is 8.65. The molecule has 1 unspecified atom stereocenters. The fraction of sp³-hybridized carbons (Fsp3) is 0.176. The number of rotatable bonds is 6. The van der Waals surface area contributed by atoms with Crippen LogP contribution in [0.1, 0.15) is 24.2 Å². The van der Waals surface area contributed by atoms with Gasteiger partial charge in [0.2, 0.25) is 0 Å². The number of nitrogens with one attached hydrogen (secondary N) is 1. The normalized spacial score (nSPS) is 12.1. The van der Waals surface area contributed by atoms with Crippen molar-refractivity contribution < 1.29 is 31.0 Å². The molecular formula is C17H20AsNO7. The Balaban J connectivity index is 0.000000273. The van der Waals surface area contributed by atoms with Crippen LogP contribution in [0.3, 0.4) is 0 Å². The fourth-order valence-electron chi connectivity index (χ4n) is 1.64. The molecule has 9 heteroatoms. The summed E-state index contributed by atoms with van der Waals surface area (Å²) in [7, 11) is 0. The van der Waals surface area contributed by atoms with Gasteiger partial charge in [-0.3, -0.25) is 0 Å². The molecule has 0 spiro atoms. The second-order valence-electron chi connectivity index (χ2n) is 4.75. The maximum atomic E-state index is 11.8. The summed E-state index contributed by atoms with van der Waals surface area (Å²) in [6.45, 7) is 3.40. The summed E-state index contributed by atoms with van der Waals surface area (Å²) in [5.74, 6) is -0.794. The monoisotopic (exact) mass is 425 g/mol. The molecule has 0 aliphatic carbocycles. The zero-order chi connectivity index (χ0) is 19.4. The minimum absolute atomic E-state index is 0.201. The van der Waals surface area contributed by atoms with Crippen LogP contribution >= 0.6 is 0 Å². The summed E-state index contributed by atoms with van der Waals surface area (Å²) in [6, 6.07) is 16.8. The average molecular weight is 425 g/mol. The maximum Gasteiger partial charge on any atom is 0.338 e. The largest absolute Gasteiger partial charge is 0.462 e. The fourth-order valence-corrected chi connectivity index (χ4v) is 3.78. The van der Waals surface area contributed by atoms with E-state index in [-0.39, 0.29) is 10.3 Å². The Morgan fingerprint density at radius 1 is 1.04 bits per heavy atom. The van der Waals surface area contributed by atoms with Gasteiger partial charge in [-0.15, -0.1) is 0 Å². The van der Waals surface area contributed by atoms with Crippen LogP contribution in [0.25, 0.3) is 0 Å². The Kier molecular flexibility index (Phi) is 9.39. The van der Waals surface area contributed by atoms with Crippen LogP contribution in [0.15, 0.2) is 60.7 Å². The number of ether oxygens (including phenoxy) is 1. The maximum absolute atomic E-state index is 11.8. The van der Waals surface area contributed by atoms with E-state index in [1.165, 1.54) is 19.1 Å². The number of esters is 1. The third kappa shape index (κ3) is 7.24. The van der Waals surface area contributed by atoms with Gasteiger partial charge in [0.05, 0.1) is 12.2 Å². The van der Waals surface area contributed by atoms with Crippen LogP contribution in [0, 0.1) is 0 Å². The number of carbonyl (C=O) groups excluding carboxylic acids is 2. The Bertz CT molecular complexity index is 737. The van der Waals surface area contributed by atoms with Gasteiger partial charge in [-0.1, -0.05) is 18.2 Å². The molecule has 0 bridgehead atoms. The van der Waals surface area contributed by atoms with Crippen molar-refractivity contribution >= 4 is 30.4 Å². The minimum atomic E-state index is -4.55. The average Bonchev–Trinajstić information content (AvgIpc) is 2.68. The van der Waals surface area contributed by atoms with Crippen molar-refractivity contribution in [2.75, 3.05) is 6.61 Å². The van der Waals surface area contributed by atoms with Crippen LogP contribution in [-0.2, 0) is 21.0 Å². The molecule has 140 valence electrons. The number of amides is 1. The number of carbonyl (C=O) groups is 2. The molecule has 1 amide bonds. The van der Waals surface area contributed by atoms with Gasteiger partial charge in [0.15, 0.2) is 0 Å². The first kappa shape index (κ1) is 21.7. The molecule has 8 nitrogen and oxygen atoms in total. The van der Waals surface area contributed by atoms with Gasteiger partial charge in [-0.05, 0) is 19.1 Å². The van der Waals surface area contributed by atoms with E-state index in [1.54, 1.807) is 37.3 Å². The van der Waals surface area contributed by atoms with E-state index >= 15 is 0 Å². The standard InChI is InChI=1S/C9H10O2.C8H10AsNO5/c1-2-11-9(10)8-6-4-3-5-7-8;1-7(11)10-14-9(12,15-13)8-5-3-2-4-6-8/h3-7H,2H2,1H3;2-6,13H,1H3,(H,10,11). The molecule has 1 atom stereocenters. The van der Waals surface area contributed by atoms with E-state index in [9.17, 15) is 13.3 Å². The third-order valence-corrected chi connectivity index (χ3v) is 5.87. The Labute approximate surface area is 154 Å². The molecule has 0 radical (unpaired) electrons. The van der Waals surface area contributed by atoms with Crippen LogP contribution in [0.4, 0.5) is 0 Å². The van der Waals surface area contributed by atoms with E-state index in [0.717, 1.165) is 0 Å². The van der Waals surface area contributed by atoms with E-state index in [4.69, 9.17) is 9.99 Å². The molecule has 0 fully saturated rings. The first-order valence-electron chi connectivity index (χ1n) is 7.59. The summed E-state index contributed by atoms with van der Waals surface area (Å²) in [5, 5.41) is 8.54. The van der Waals surface area contributed by atoms with Gasteiger partial charge in [0, 0.05) is 0 Å². The number of hydroxylamine groups is 1. The van der Waals surface area contributed by atoms with Gasteiger partial charge in [0.1, 0.15) is 0 Å². The van der Waals surface area contributed by atoms with Gasteiger partial charge in [0.25, 0.3) is 0 Å². The van der Waals surface area contributed by atoms with Crippen LogP contribution in [-0.4, -0.2) is 37.9 Å². The molecule has 2 N–H and O–H groups in total. The van der Waals surface area contributed by atoms with Crippen molar-refractivity contribution in [1.29, 1.82) is 0 Å². The van der Waals surface area contributed by atoms with E-state index in [2.05, 4.69) is 7.70 Å². The molecule has 26 heavy (non-hydrogen) atoms. The minimum Gasteiger partial charge on any atom is -0.462 e. The van der Waals surface area contributed by atoms with Crippen molar-refractivity contribution in [3.05, 3.63) is 66.2 Å². The number of hydrogen-bond acceptors (Lipinski definition) is 7. The molecule has 0 aliphatic heterocycles. The molecule has 0 aliphatic rings. The van der Waals surface area contributed by atoms with Crippen molar-refractivity contribution in [1.82, 2.24) is 5.48 Å². The van der Waals surface area contributed by atoms with Crippen molar-refractivity contribution in [2.45, 2.75) is 13.8 Å². The first-order valence-corrected chi connectivity index (χ1v) is 10.8. The SMILES string of the molecule is CC(=O)NO[As](=O)(OO)c1ccccc1.CCOC(=O)c1ccccc1. The van der Waals surface area contributed by atoms with Gasteiger partial charge >= 0.3 is 94.6 Å². The third-order valence-electron chi connectivity index (χ3n) is 2.77. The number of hydrogen-bond donors (Lipinski definition) is 2. The molecule has 2 aromatic rings. The summed E-state index contributed by atoms with van der Waals surface area (Å²) >= 11 is -4.55. The van der Waals surface area contributed by atoms with Crippen LogP contribution in [0.2, 0.25) is 0 Å². The first-order chi connectivity index (χ1) is 12.4. The topological polar surface area (TPSA) is 111 Å². The molecule has 2 aromatic carbocycles. The summed E-state index contributed by atoms with van der Waals surface area (Å²) in [5.41, 5.74) is 2.48. The van der Waals surface area contributed by atoms with E-state index in [0.29, 0.717) is 12.2 Å². The van der Waals surface area contributed by atoms with E-state index < -0.39 is 20.1 Å². The smallest absolute Gasteiger partial charge is 0.338 e. The molecule has 0 saturated heterocycles. The molecular weight excluding hydrogens is 405 g/mol. The second kappa shape index (κ2) is 11.3. The van der Waals surface area contributed by atoms with Crippen molar-refractivity contribution in [3.63, 3.8) is 0 Å². The zero-order valence-electron chi connectivity index (χ0n) is 14.3. The van der Waals surface area contributed by atoms with Crippen LogP contribution in [0.5, 0.6) is 0 Å². The molecule has 0 heterocycles. The predicted octanol–water partition coefficient (Wildman–Crippen LogP) is 1.68. The quantitative estimate of drug-likeness (QED) is 0.314. The van der Waals surface area contributed by atoms with Gasteiger partial charge in [-0.25, -0.2) is 4.79 Å². The Morgan fingerprint density at radius 3 is 2.04 bits per heavy atom. The Hall–Kier alpha value is -2.38. The van der Waals surface area contributed by atoms with Crippen molar-refractivity contribution in [3.8, 4) is 0 Å². The van der Waals surface area contributed by atoms with Crippen molar-refractivity contribution in [2.24, 2.45) is 0 Å². The van der Waals surface area contributed by atoms with Crippen LogP contribution < -0.4 is 9.83 Å². The predicted molar refractivity (Wildman–Crippen MR) is 93.5 cm³/mol. The van der Waals surface area contributed by atoms with Gasteiger partial charge < -0.3 is 4.74 Å². The summed E-state index contributed by atoms with van der Waals surface area (Å²) < 4.78 is 25.3. The zero-order valence-corrected chi connectivity index (χ0v) is 16.2. The molecule has 0 saturated carbocycles.